The van der Waals surface area contributed by atoms with Gasteiger partial charge in [0.05, 0.1) is 0 Å². The molecular formula is C18H26N4O2. The summed E-state index contributed by atoms with van der Waals surface area (Å²) >= 11 is 0. The zero-order valence-electron chi connectivity index (χ0n) is 14.8. The molecule has 1 atom stereocenters. The fourth-order valence-electron chi connectivity index (χ4n) is 2.45. The number of carbonyl (C=O) groups is 1. The minimum Gasteiger partial charge on any atom is -0.396 e. The largest absolute Gasteiger partial charge is 0.396 e. The molecule has 130 valence electrons. The van der Waals surface area contributed by atoms with Gasteiger partial charge in [0.2, 0.25) is 0 Å². The van der Waals surface area contributed by atoms with Crippen LogP contribution in [0.1, 0.15) is 50.3 Å². The summed E-state index contributed by atoms with van der Waals surface area (Å²) < 4.78 is 0. The Hall–Kier alpha value is -2.21. The number of benzene rings is 1. The molecule has 1 heterocycles. The van der Waals surface area contributed by atoms with E-state index in [0.717, 1.165) is 17.8 Å². The first-order valence-electron chi connectivity index (χ1n) is 8.28. The Morgan fingerprint density at radius 1 is 1.29 bits per heavy atom. The van der Waals surface area contributed by atoms with Crippen molar-refractivity contribution >= 4 is 5.91 Å². The van der Waals surface area contributed by atoms with E-state index in [0.29, 0.717) is 17.8 Å². The monoisotopic (exact) mass is 330 g/mol. The van der Waals surface area contributed by atoms with E-state index >= 15 is 0 Å². The van der Waals surface area contributed by atoms with Crippen molar-refractivity contribution in [1.82, 2.24) is 20.5 Å². The highest BCUT2D eigenvalue weighted by Gasteiger charge is 2.26. The number of H-pyrrole nitrogens is 1. The topological polar surface area (TPSA) is 90.9 Å². The van der Waals surface area contributed by atoms with Gasteiger partial charge in [-0.2, -0.15) is 5.10 Å². The molecule has 0 saturated carbocycles. The number of amides is 1. The molecule has 0 aliphatic carbocycles. The summed E-state index contributed by atoms with van der Waals surface area (Å²) in [7, 11) is 0. The van der Waals surface area contributed by atoms with E-state index in [2.05, 4.69) is 20.5 Å². The van der Waals surface area contributed by atoms with Crippen molar-refractivity contribution in [2.24, 2.45) is 5.41 Å². The van der Waals surface area contributed by atoms with E-state index in [-0.39, 0.29) is 24.0 Å². The zero-order chi connectivity index (χ0) is 17.7. The predicted octanol–water partition coefficient (Wildman–Crippen LogP) is 2.56. The van der Waals surface area contributed by atoms with Gasteiger partial charge in [0.25, 0.3) is 5.91 Å². The second kappa shape index (κ2) is 7.57. The van der Waals surface area contributed by atoms with Crippen molar-refractivity contribution in [3.8, 4) is 11.4 Å². The van der Waals surface area contributed by atoms with E-state index in [1.54, 1.807) is 12.1 Å². The number of carbonyl (C=O) groups excluding carboxylic acids is 1. The number of nitrogens with one attached hydrogen (secondary N) is 2. The van der Waals surface area contributed by atoms with Crippen LogP contribution in [0.25, 0.3) is 11.4 Å². The highest BCUT2D eigenvalue weighted by Crippen LogP contribution is 2.22. The van der Waals surface area contributed by atoms with Crippen molar-refractivity contribution in [3.63, 3.8) is 0 Å². The average Bonchev–Trinajstić information content (AvgIpc) is 3.02. The lowest BCUT2D eigenvalue weighted by molar-refractivity contribution is 0.0885. The Kier molecular flexibility index (Phi) is 5.72. The van der Waals surface area contributed by atoms with Gasteiger partial charge in [-0.1, -0.05) is 39.8 Å². The van der Waals surface area contributed by atoms with Crippen LogP contribution < -0.4 is 5.32 Å². The maximum Gasteiger partial charge on any atom is 0.251 e. The van der Waals surface area contributed by atoms with Crippen LogP contribution in [0.3, 0.4) is 0 Å². The van der Waals surface area contributed by atoms with E-state index in [4.69, 9.17) is 0 Å². The third-order valence-corrected chi connectivity index (χ3v) is 4.04. The minimum atomic E-state index is -0.140. The maximum absolute atomic E-state index is 12.4. The molecule has 0 radical (unpaired) electrons. The lowest BCUT2D eigenvalue weighted by Gasteiger charge is -2.31. The van der Waals surface area contributed by atoms with Crippen molar-refractivity contribution < 1.29 is 9.90 Å². The van der Waals surface area contributed by atoms with E-state index in [9.17, 15) is 9.90 Å². The van der Waals surface area contributed by atoms with Crippen LogP contribution in [-0.4, -0.2) is 38.8 Å². The third kappa shape index (κ3) is 4.41. The quantitative estimate of drug-likeness (QED) is 0.759. The van der Waals surface area contributed by atoms with Crippen LogP contribution in [0.15, 0.2) is 24.3 Å². The molecular weight excluding hydrogens is 304 g/mol. The van der Waals surface area contributed by atoms with E-state index in [1.807, 2.05) is 39.8 Å². The van der Waals surface area contributed by atoms with Crippen LogP contribution in [-0.2, 0) is 6.42 Å². The van der Waals surface area contributed by atoms with Gasteiger partial charge in [-0.15, -0.1) is 0 Å². The molecule has 1 amide bonds. The van der Waals surface area contributed by atoms with Gasteiger partial charge >= 0.3 is 0 Å². The first-order valence-corrected chi connectivity index (χ1v) is 8.28. The Morgan fingerprint density at radius 2 is 1.96 bits per heavy atom. The summed E-state index contributed by atoms with van der Waals surface area (Å²) in [5.74, 6) is 1.33. The van der Waals surface area contributed by atoms with Gasteiger partial charge < -0.3 is 10.4 Å². The Morgan fingerprint density at radius 3 is 2.46 bits per heavy atom. The van der Waals surface area contributed by atoms with Crippen LogP contribution >= 0.6 is 0 Å². The first kappa shape index (κ1) is 18.1. The second-order valence-corrected chi connectivity index (χ2v) is 6.94. The minimum absolute atomic E-state index is 0.0474. The molecule has 1 unspecified atom stereocenters. The Bertz CT molecular complexity index is 671. The van der Waals surface area contributed by atoms with Gasteiger partial charge in [-0.05, 0) is 24.0 Å². The molecule has 1 aromatic heterocycles. The summed E-state index contributed by atoms with van der Waals surface area (Å²) in [5.41, 5.74) is 1.33. The summed E-state index contributed by atoms with van der Waals surface area (Å²) in [5, 5.41) is 19.3. The van der Waals surface area contributed by atoms with Gasteiger partial charge in [-0.25, -0.2) is 4.98 Å². The van der Waals surface area contributed by atoms with Gasteiger partial charge in [0, 0.05) is 30.2 Å². The summed E-state index contributed by atoms with van der Waals surface area (Å²) in [6.07, 6.45) is 1.33. The smallest absolute Gasteiger partial charge is 0.251 e. The zero-order valence-corrected chi connectivity index (χ0v) is 14.8. The molecule has 2 rings (SSSR count). The molecule has 6 heteroatoms. The van der Waals surface area contributed by atoms with Gasteiger partial charge in [0.15, 0.2) is 5.82 Å². The fourth-order valence-corrected chi connectivity index (χ4v) is 2.45. The van der Waals surface area contributed by atoms with E-state index < -0.39 is 0 Å². The standard InChI is InChI=1S/C18H26N4O2/c1-5-15-20-16(22-21-15)12-6-8-13(9-7-12)17(24)19-14(10-11-23)18(2,3)4/h6-9,14,23H,5,10-11H2,1-4H3,(H,19,24)(H,20,21,22). The lowest BCUT2D eigenvalue weighted by Crippen LogP contribution is -2.44. The van der Waals surface area contributed by atoms with Crippen molar-refractivity contribution in [3.05, 3.63) is 35.7 Å². The molecule has 0 aliphatic heterocycles. The summed E-state index contributed by atoms with van der Waals surface area (Å²) in [6, 6.07) is 7.14. The number of hydrogen-bond acceptors (Lipinski definition) is 4. The van der Waals surface area contributed by atoms with Gasteiger partial charge in [-0.3, -0.25) is 9.89 Å². The predicted molar refractivity (Wildman–Crippen MR) is 93.6 cm³/mol. The maximum atomic E-state index is 12.4. The second-order valence-electron chi connectivity index (χ2n) is 6.94. The number of aromatic amines is 1. The lowest BCUT2D eigenvalue weighted by atomic mass is 9.84. The average molecular weight is 330 g/mol. The normalized spacial score (nSPS) is 12.9. The number of rotatable bonds is 6. The molecule has 3 N–H and O–H groups in total. The number of aliphatic hydroxyl groups excluding tert-OH is 1. The Balaban J connectivity index is 2.10. The van der Waals surface area contributed by atoms with Crippen LogP contribution in [0, 0.1) is 5.41 Å². The number of hydrogen-bond donors (Lipinski definition) is 3. The fraction of sp³-hybridized carbons (Fsp3) is 0.500. The van der Waals surface area contributed by atoms with Gasteiger partial charge in [0.1, 0.15) is 5.82 Å². The SMILES string of the molecule is CCc1nc(-c2ccc(C(=O)NC(CCO)C(C)(C)C)cc2)n[nH]1. The molecule has 0 fully saturated rings. The van der Waals surface area contributed by atoms with E-state index in [1.165, 1.54) is 0 Å². The van der Waals surface area contributed by atoms with Crippen LogP contribution in [0.2, 0.25) is 0 Å². The number of aromatic nitrogens is 3. The molecule has 0 bridgehead atoms. The summed E-state index contributed by atoms with van der Waals surface area (Å²) in [4.78, 5) is 16.8. The molecule has 2 aromatic rings. The van der Waals surface area contributed by atoms with Crippen LogP contribution in [0.4, 0.5) is 0 Å². The molecule has 24 heavy (non-hydrogen) atoms. The molecule has 0 saturated heterocycles. The Labute approximate surface area is 142 Å². The van der Waals surface area contributed by atoms with Crippen molar-refractivity contribution in [2.45, 2.75) is 46.6 Å². The highest BCUT2D eigenvalue weighted by atomic mass is 16.3. The molecule has 0 spiro atoms. The number of nitrogens with zero attached hydrogens (tertiary/aromatic N) is 2. The third-order valence-electron chi connectivity index (χ3n) is 4.04. The number of aryl methyl sites for hydroxylation is 1. The van der Waals surface area contributed by atoms with Crippen molar-refractivity contribution in [1.29, 1.82) is 0 Å². The first-order chi connectivity index (χ1) is 11.3. The summed E-state index contributed by atoms with van der Waals surface area (Å²) in [6.45, 7) is 8.20. The highest BCUT2D eigenvalue weighted by molar-refractivity contribution is 5.94. The number of aliphatic hydroxyl groups is 1. The van der Waals surface area contributed by atoms with Crippen molar-refractivity contribution in [2.75, 3.05) is 6.61 Å². The van der Waals surface area contributed by atoms with Crippen LogP contribution in [0.5, 0.6) is 0 Å². The molecule has 1 aromatic carbocycles. The molecule has 6 nitrogen and oxygen atoms in total. The molecule has 0 aliphatic rings.